The molecule has 0 aliphatic heterocycles. The second kappa shape index (κ2) is 14.6. The van der Waals surface area contributed by atoms with Crippen molar-refractivity contribution in [2.24, 2.45) is 0 Å². The van der Waals surface area contributed by atoms with Gasteiger partial charge in [-0.3, -0.25) is 0 Å². The molecule has 0 aromatic heterocycles. The van der Waals surface area contributed by atoms with Crippen LogP contribution in [0.15, 0.2) is 158 Å². The van der Waals surface area contributed by atoms with Crippen LogP contribution in [0.25, 0.3) is 21.9 Å². The van der Waals surface area contributed by atoms with Crippen LogP contribution in [0.3, 0.4) is 0 Å². The van der Waals surface area contributed by atoms with E-state index < -0.39 is 16.1 Å². The van der Waals surface area contributed by atoms with E-state index in [0.29, 0.717) is 11.8 Å². The third kappa shape index (κ3) is 6.47. The fourth-order valence-electron chi connectivity index (χ4n) is 10.3. The Morgan fingerprint density at radius 3 is 1.32 bits per heavy atom. The number of nitrogens with zero attached hydrogens (tertiary/aromatic N) is 2. The first-order chi connectivity index (χ1) is 27.2. The van der Waals surface area contributed by atoms with Gasteiger partial charge in [-0.25, -0.2) is 0 Å². The summed E-state index contributed by atoms with van der Waals surface area (Å²) in [5.41, 5.74) is 15.8. The van der Waals surface area contributed by atoms with Crippen LogP contribution in [0.4, 0.5) is 34.1 Å². The van der Waals surface area contributed by atoms with Gasteiger partial charge in [0.05, 0.1) is 21.8 Å². The lowest BCUT2D eigenvalue weighted by atomic mass is 9.95. The number of fused-ring (bicyclic) bond motifs is 5. The Balaban J connectivity index is 1.43. The van der Waals surface area contributed by atoms with Crippen molar-refractivity contribution in [2.75, 3.05) is 9.80 Å². The molecule has 0 unspecified atom stereocenters. The Morgan fingerprint density at radius 1 is 0.404 bits per heavy atom. The summed E-state index contributed by atoms with van der Waals surface area (Å²) in [4.78, 5) is 4.98. The quantitative estimate of drug-likeness (QED) is 0.128. The van der Waals surface area contributed by atoms with Crippen molar-refractivity contribution >= 4 is 61.0 Å². The molecule has 0 atom stereocenters. The minimum atomic E-state index is -2.05. The van der Waals surface area contributed by atoms with Gasteiger partial charge in [0.15, 0.2) is 0 Å². The zero-order chi connectivity index (χ0) is 40.3. The van der Waals surface area contributed by atoms with Crippen LogP contribution >= 0.6 is 0 Å². The number of hydrogen-bond acceptors (Lipinski definition) is 2. The molecule has 2 nitrogen and oxygen atoms in total. The molecule has 4 heteroatoms. The molecule has 0 bridgehead atoms. The first-order valence-electron chi connectivity index (χ1n) is 20.8. The van der Waals surface area contributed by atoms with Crippen molar-refractivity contribution in [1.82, 2.24) is 0 Å². The van der Waals surface area contributed by atoms with Gasteiger partial charge in [0, 0.05) is 38.5 Å². The highest BCUT2D eigenvalue weighted by Gasteiger charge is 2.59. The van der Waals surface area contributed by atoms with Gasteiger partial charge in [0.1, 0.15) is 0 Å². The lowest BCUT2D eigenvalue weighted by Crippen LogP contribution is -2.63. The van der Waals surface area contributed by atoms with Crippen LogP contribution in [0.1, 0.15) is 61.8 Å². The molecule has 288 valence electrons. The highest BCUT2D eigenvalue weighted by molar-refractivity contribution is 6.99. The maximum atomic E-state index is 2.64. The second-order valence-corrected chi connectivity index (χ2v) is 29.7. The van der Waals surface area contributed by atoms with E-state index in [9.17, 15) is 0 Å². The van der Waals surface area contributed by atoms with Crippen molar-refractivity contribution in [3.63, 3.8) is 0 Å². The molecule has 0 saturated carbocycles. The molecule has 0 saturated heterocycles. The van der Waals surface area contributed by atoms with E-state index in [1.807, 2.05) is 0 Å². The first-order valence-corrected chi connectivity index (χ1v) is 27.8. The van der Waals surface area contributed by atoms with Gasteiger partial charge < -0.3 is 9.80 Å². The Kier molecular flexibility index (Phi) is 9.94. The average Bonchev–Trinajstić information content (AvgIpc) is 3.51. The summed E-state index contributed by atoms with van der Waals surface area (Å²) in [5.74, 6) is 0.952. The maximum absolute atomic E-state index is 2.64. The predicted molar refractivity (Wildman–Crippen MR) is 254 cm³/mol. The molecule has 1 aliphatic rings. The number of para-hydroxylation sites is 2. The third-order valence-corrected chi connectivity index (χ3v) is 22.6. The average molecular weight is 779 g/mol. The highest BCUT2D eigenvalue weighted by atomic mass is 28.4. The van der Waals surface area contributed by atoms with E-state index in [2.05, 4.69) is 235 Å². The molecule has 8 rings (SSSR count). The van der Waals surface area contributed by atoms with E-state index in [1.165, 1.54) is 78.3 Å². The minimum Gasteiger partial charge on any atom is -0.310 e. The maximum Gasteiger partial charge on any atom is 0.0579 e. The van der Waals surface area contributed by atoms with Crippen LogP contribution in [0.5, 0.6) is 0 Å². The number of rotatable bonds is 10. The molecule has 57 heavy (non-hydrogen) atoms. The number of benzene rings is 7. The predicted octanol–water partition coefficient (Wildman–Crippen LogP) is 16.0. The molecular formula is C53H58N2Si2. The highest BCUT2D eigenvalue weighted by Crippen LogP contribution is 2.62. The molecule has 7 aromatic rings. The van der Waals surface area contributed by atoms with Crippen LogP contribution in [-0.2, 0) is 4.66 Å². The molecule has 0 fully saturated rings. The minimum absolute atomic E-state index is 0.0762. The largest absolute Gasteiger partial charge is 0.310 e. The van der Waals surface area contributed by atoms with Crippen molar-refractivity contribution in [3.8, 4) is 11.1 Å². The van der Waals surface area contributed by atoms with E-state index in [4.69, 9.17) is 0 Å². The zero-order valence-electron chi connectivity index (χ0n) is 35.6. The van der Waals surface area contributed by atoms with Gasteiger partial charge in [-0.1, -0.05) is 158 Å². The summed E-state index contributed by atoms with van der Waals surface area (Å²) in [5, 5.41) is 2.61. The van der Waals surface area contributed by atoms with E-state index in [0.717, 1.165) is 0 Å². The molecule has 0 spiro atoms. The van der Waals surface area contributed by atoms with Crippen LogP contribution in [-0.4, -0.2) is 16.1 Å². The van der Waals surface area contributed by atoms with Gasteiger partial charge in [0.25, 0.3) is 0 Å². The molecule has 7 aromatic carbocycles. The molecule has 1 aliphatic carbocycles. The normalized spacial score (nSPS) is 13.5. The molecule has 0 amide bonds. The van der Waals surface area contributed by atoms with Crippen LogP contribution in [0, 0.1) is 0 Å². The summed E-state index contributed by atoms with van der Waals surface area (Å²) in [6, 6.07) is 59.7. The second-order valence-electron chi connectivity index (χ2n) is 18.7. The molecular weight excluding hydrogens is 721 g/mol. The Labute approximate surface area is 343 Å². The number of anilines is 6. The van der Waals surface area contributed by atoms with Crippen molar-refractivity contribution in [1.29, 1.82) is 0 Å². The van der Waals surface area contributed by atoms with Crippen molar-refractivity contribution in [2.45, 2.75) is 83.5 Å². The summed E-state index contributed by atoms with van der Waals surface area (Å²) < 4.78 is -0.0762. The van der Waals surface area contributed by atoms with E-state index in [1.54, 1.807) is 0 Å². The lowest BCUT2D eigenvalue weighted by Gasteiger charge is -2.51. The summed E-state index contributed by atoms with van der Waals surface area (Å²) in [6.07, 6.45) is 0. The van der Waals surface area contributed by atoms with Crippen molar-refractivity contribution < 1.29 is 0 Å². The third-order valence-electron chi connectivity index (χ3n) is 12.5. The van der Waals surface area contributed by atoms with Gasteiger partial charge in [-0.05, 0) is 117 Å². The summed E-state index contributed by atoms with van der Waals surface area (Å²) >= 11 is 0. The fraction of sp³-hybridized carbons (Fsp3) is 0.245. The Morgan fingerprint density at radius 2 is 0.825 bits per heavy atom. The van der Waals surface area contributed by atoms with E-state index in [-0.39, 0.29) is 4.66 Å². The molecule has 0 N–H and O–H groups in total. The SMILES string of the molecule is CC(C)c1ccc(N(c2ccccc2)c2ccc3c(c2)C([Si](C)(C)C)([Si](C)(C)C)c2cc(N(c4ccccc4)c4ccc(C(C)C)cc4)c4ccccc4c2-3)cc1. The van der Waals surface area contributed by atoms with Crippen molar-refractivity contribution in [3.05, 3.63) is 180 Å². The van der Waals surface area contributed by atoms with Gasteiger partial charge in [-0.2, -0.15) is 0 Å². The Hall–Kier alpha value is -5.17. The monoisotopic (exact) mass is 778 g/mol. The van der Waals surface area contributed by atoms with Crippen LogP contribution in [0.2, 0.25) is 39.3 Å². The molecule has 0 heterocycles. The first kappa shape index (κ1) is 38.7. The zero-order valence-corrected chi connectivity index (χ0v) is 37.6. The smallest absolute Gasteiger partial charge is 0.0579 e. The standard InChI is InChI=1S/C53H58N2Si2/c1-37(2)39-25-29-43(30-26-39)54(41-19-13-11-14-20-41)45-33-34-48-49(35-45)53(56(5,6)7,57(8,9)10)50-36-51(46-23-17-18-24-47(46)52(48)50)55(42-21-15-12-16-22-42)44-31-27-40(28-32-44)38(3)4/h11-38H,1-10H3. The van der Waals surface area contributed by atoms with Gasteiger partial charge >= 0.3 is 0 Å². The number of hydrogen-bond donors (Lipinski definition) is 0. The van der Waals surface area contributed by atoms with Gasteiger partial charge in [-0.15, -0.1) is 0 Å². The van der Waals surface area contributed by atoms with E-state index >= 15 is 0 Å². The topological polar surface area (TPSA) is 6.48 Å². The van der Waals surface area contributed by atoms with Crippen LogP contribution < -0.4 is 9.80 Å². The summed E-state index contributed by atoms with van der Waals surface area (Å²) in [6.45, 7) is 24.9. The Bertz CT molecular complexity index is 2510. The fourth-order valence-corrected chi connectivity index (χ4v) is 23.3. The lowest BCUT2D eigenvalue weighted by molar-refractivity contribution is 0.866. The summed E-state index contributed by atoms with van der Waals surface area (Å²) in [7, 11) is -4.10. The molecule has 0 radical (unpaired) electrons. The van der Waals surface area contributed by atoms with Gasteiger partial charge in [0.2, 0.25) is 0 Å².